The van der Waals surface area contributed by atoms with Gasteiger partial charge in [0, 0.05) is 0 Å². The van der Waals surface area contributed by atoms with Crippen molar-refractivity contribution < 1.29 is 9.57 Å². The summed E-state index contributed by atoms with van der Waals surface area (Å²) >= 11 is 0. The van der Waals surface area contributed by atoms with Crippen LogP contribution in [0, 0.1) is 0 Å². The Morgan fingerprint density at radius 2 is 1.52 bits per heavy atom. The monoisotopic (exact) mass is 329 g/mol. The van der Waals surface area contributed by atoms with E-state index in [1.807, 2.05) is 42.5 Å². The van der Waals surface area contributed by atoms with Crippen LogP contribution >= 0.6 is 7.92 Å². The Morgan fingerprint density at radius 3 is 2.13 bits per heavy atom. The number of hydrogen-bond acceptors (Lipinski definition) is 3. The highest BCUT2D eigenvalue weighted by atomic mass is 31.1. The van der Waals surface area contributed by atoms with E-state index in [4.69, 9.17) is 9.57 Å². The largest absolute Gasteiger partial charge is 0.489 e. The van der Waals surface area contributed by atoms with Gasteiger partial charge < -0.3 is 9.57 Å². The standard InChI is InChI=1S/C19H24NO2P/c1-4-23(5-2)16(3)20-22-19-13-11-18(12-14-19)21-15-17-9-7-6-8-10-17/h6-14H,4-5,15H2,1-3H3. The van der Waals surface area contributed by atoms with Gasteiger partial charge in [-0.3, -0.25) is 0 Å². The lowest BCUT2D eigenvalue weighted by atomic mass is 10.2. The summed E-state index contributed by atoms with van der Waals surface area (Å²) in [7, 11) is -0.151. The van der Waals surface area contributed by atoms with Gasteiger partial charge in [0.15, 0.2) is 5.75 Å². The molecule has 0 saturated carbocycles. The van der Waals surface area contributed by atoms with Crippen LogP contribution in [-0.2, 0) is 6.61 Å². The van der Waals surface area contributed by atoms with Crippen molar-refractivity contribution in [3.63, 3.8) is 0 Å². The molecule has 0 atom stereocenters. The van der Waals surface area contributed by atoms with Crippen LogP contribution < -0.4 is 9.57 Å². The molecule has 0 amide bonds. The Hall–Kier alpha value is -1.86. The minimum Gasteiger partial charge on any atom is -0.489 e. The summed E-state index contributed by atoms with van der Waals surface area (Å²) in [5, 5.41) is 4.26. The number of rotatable bonds is 8. The molecule has 0 spiro atoms. The lowest BCUT2D eigenvalue weighted by molar-refractivity contribution is 0.304. The van der Waals surface area contributed by atoms with E-state index in [2.05, 4.69) is 38.1 Å². The van der Waals surface area contributed by atoms with Crippen molar-refractivity contribution in [1.29, 1.82) is 0 Å². The topological polar surface area (TPSA) is 30.8 Å². The molecule has 0 aliphatic carbocycles. The summed E-state index contributed by atoms with van der Waals surface area (Å²) in [5.41, 5.74) is 2.26. The Kier molecular flexibility index (Phi) is 7.09. The molecular weight excluding hydrogens is 305 g/mol. The van der Waals surface area contributed by atoms with E-state index >= 15 is 0 Å². The van der Waals surface area contributed by atoms with Crippen LogP contribution in [0.1, 0.15) is 26.3 Å². The molecule has 122 valence electrons. The number of hydrogen-bond donors (Lipinski definition) is 0. The molecule has 0 bridgehead atoms. The van der Waals surface area contributed by atoms with Crippen LogP contribution in [0.5, 0.6) is 11.5 Å². The van der Waals surface area contributed by atoms with E-state index in [1.54, 1.807) is 0 Å². The Balaban J connectivity index is 1.88. The normalized spacial score (nSPS) is 11.6. The second-order valence-electron chi connectivity index (χ2n) is 5.15. The third kappa shape index (κ3) is 5.69. The van der Waals surface area contributed by atoms with Crippen molar-refractivity contribution in [2.75, 3.05) is 12.3 Å². The number of ether oxygens (including phenoxy) is 1. The van der Waals surface area contributed by atoms with Gasteiger partial charge in [-0.15, -0.1) is 0 Å². The highest BCUT2D eigenvalue weighted by molar-refractivity contribution is 7.75. The Labute approximate surface area is 140 Å². The Bertz CT molecular complexity index is 607. The first-order chi connectivity index (χ1) is 11.2. The number of oxime groups is 1. The number of nitrogens with zero attached hydrogens (tertiary/aromatic N) is 1. The van der Waals surface area contributed by atoms with Crippen LogP contribution in [0.25, 0.3) is 0 Å². The average Bonchev–Trinajstić information content (AvgIpc) is 2.61. The van der Waals surface area contributed by atoms with E-state index in [1.165, 1.54) is 0 Å². The summed E-state index contributed by atoms with van der Waals surface area (Å²) in [5.74, 6) is 1.56. The van der Waals surface area contributed by atoms with Crippen molar-refractivity contribution in [3.05, 3.63) is 60.2 Å². The molecule has 2 rings (SSSR count). The van der Waals surface area contributed by atoms with Crippen molar-refractivity contribution in [1.82, 2.24) is 0 Å². The van der Waals surface area contributed by atoms with E-state index in [0.29, 0.717) is 6.61 Å². The molecule has 0 N–H and O–H groups in total. The fourth-order valence-corrected chi connectivity index (χ4v) is 3.71. The molecule has 0 aliphatic heterocycles. The second kappa shape index (κ2) is 9.32. The summed E-state index contributed by atoms with van der Waals surface area (Å²) in [6.45, 7) is 7.02. The van der Waals surface area contributed by atoms with E-state index in [0.717, 1.165) is 34.8 Å². The van der Waals surface area contributed by atoms with Crippen molar-refractivity contribution in [2.24, 2.45) is 5.16 Å². The zero-order valence-corrected chi connectivity index (χ0v) is 14.9. The third-order valence-electron chi connectivity index (χ3n) is 3.58. The van der Waals surface area contributed by atoms with E-state index < -0.39 is 0 Å². The fourth-order valence-electron chi connectivity index (χ4n) is 2.20. The highest BCUT2D eigenvalue weighted by Crippen LogP contribution is 2.36. The molecule has 0 heterocycles. The SMILES string of the molecule is CCP(CC)C(C)=NOc1ccc(OCc2ccccc2)cc1. The average molecular weight is 329 g/mol. The molecule has 0 aliphatic rings. The zero-order chi connectivity index (χ0) is 16.5. The van der Waals surface area contributed by atoms with Gasteiger partial charge in [-0.2, -0.15) is 0 Å². The fraction of sp³-hybridized carbons (Fsp3) is 0.316. The highest BCUT2D eigenvalue weighted by Gasteiger charge is 2.07. The first-order valence-electron chi connectivity index (χ1n) is 7.96. The maximum absolute atomic E-state index is 5.76. The molecule has 0 fully saturated rings. The van der Waals surface area contributed by atoms with E-state index in [9.17, 15) is 0 Å². The van der Waals surface area contributed by atoms with Crippen LogP contribution in [0.3, 0.4) is 0 Å². The predicted molar refractivity (Wildman–Crippen MR) is 99.0 cm³/mol. The lowest BCUT2D eigenvalue weighted by Gasteiger charge is -2.12. The molecule has 0 saturated heterocycles. The minimum atomic E-state index is -0.151. The van der Waals surface area contributed by atoms with Gasteiger partial charge >= 0.3 is 0 Å². The number of benzene rings is 2. The van der Waals surface area contributed by atoms with Gasteiger partial charge in [0.05, 0.1) is 5.45 Å². The predicted octanol–water partition coefficient (Wildman–Crippen LogP) is 5.50. The van der Waals surface area contributed by atoms with Crippen LogP contribution in [-0.4, -0.2) is 17.8 Å². The maximum atomic E-state index is 5.76. The molecule has 23 heavy (non-hydrogen) atoms. The summed E-state index contributed by atoms with van der Waals surface area (Å²) in [6, 6.07) is 17.7. The van der Waals surface area contributed by atoms with Gasteiger partial charge in [-0.1, -0.05) is 57.3 Å². The van der Waals surface area contributed by atoms with Gasteiger partial charge in [0.25, 0.3) is 0 Å². The van der Waals surface area contributed by atoms with Crippen molar-refractivity contribution in [2.45, 2.75) is 27.4 Å². The van der Waals surface area contributed by atoms with Crippen LogP contribution in [0.15, 0.2) is 59.8 Å². The van der Waals surface area contributed by atoms with Crippen molar-refractivity contribution >= 4 is 13.4 Å². The maximum Gasteiger partial charge on any atom is 0.158 e. The van der Waals surface area contributed by atoms with Crippen molar-refractivity contribution in [3.8, 4) is 11.5 Å². The minimum absolute atomic E-state index is 0.151. The second-order valence-corrected chi connectivity index (χ2v) is 8.14. The van der Waals surface area contributed by atoms with E-state index in [-0.39, 0.29) is 7.92 Å². The molecule has 4 heteroatoms. The van der Waals surface area contributed by atoms with Gasteiger partial charge in [-0.05, 0) is 49.1 Å². The molecule has 0 aromatic heterocycles. The van der Waals surface area contributed by atoms with Gasteiger partial charge in [0.2, 0.25) is 0 Å². The Morgan fingerprint density at radius 1 is 0.913 bits per heavy atom. The lowest BCUT2D eigenvalue weighted by Crippen LogP contribution is -1.98. The molecule has 2 aromatic carbocycles. The zero-order valence-electron chi connectivity index (χ0n) is 14.0. The molecule has 2 aromatic rings. The van der Waals surface area contributed by atoms with Crippen LogP contribution in [0.4, 0.5) is 0 Å². The third-order valence-corrected chi connectivity index (χ3v) is 6.10. The summed E-state index contributed by atoms with van der Waals surface area (Å²) in [4.78, 5) is 5.52. The molecule has 3 nitrogen and oxygen atoms in total. The van der Waals surface area contributed by atoms with Gasteiger partial charge in [0.1, 0.15) is 12.4 Å². The van der Waals surface area contributed by atoms with Gasteiger partial charge in [-0.25, -0.2) is 0 Å². The summed E-state index contributed by atoms with van der Waals surface area (Å²) in [6.07, 6.45) is 2.30. The first-order valence-corrected chi connectivity index (χ1v) is 9.67. The smallest absolute Gasteiger partial charge is 0.158 e. The first kappa shape index (κ1) is 17.5. The molecule has 0 unspecified atom stereocenters. The molecular formula is C19H24NO2P. The van der Waals surface area contributed by atoms with Crippen LogP contribution in [0.2, 0.25) is 0 Å². The summed E-state index contributed by atoms with van der Waals surface area (Å²) < 4.78 is 5.76. The molecule has 0 radical (unpaired) electrons. The quantitative estimate of drug-likeness (QED) is 0.364.